The minimum Gasteiger partial charge on any atom is -0.352 e. The van der Waals surface area contributed by atoms with Crippen molar-refractivity contribution in [2.45, 2.75) is 13.3 Å². The first kappa shape index (κ1) is 20.3. The number of nitrogens with zero attached hydrogens (tertiary/aromatic N) is 2. The minimum absolute atomic E-state index is 0.145. The highest BCUT2D eigenvalue weighted by atomic mass is 35.5. The Kier molecular flexibility index (Phi) is 5.98. The number of halogens is 2. The third kappa shape index (κ3) is 4.45. The van der Waals surface area contributed by atoms with E-state index >= 15 is 0 Å². The molecule has 2 heterocycles. The first-order valence-electron chi connectivity index (χ1n) is 9.55. The Bertz CT molecular complexity index is 1230. The second kappa shape index (κ2) is 8.82. The number of amides is 1. The maximum Gasteiger partial charge on any atom is 0.252 e. The molecule has 0 atom stereocenters. The number of hydrogen-bond acceptors (Lipinski definition) is 3. The summed E-state index contributed by atoms with van der Waals surface area (Å²) in [7, 11) is 0. The van der Waals surface area contributed by atoms with Crippen LogP contribution < -0.4 is 5.32 Å². The Morgan fingerprint density at radius 1 is 1.00 bits per heavy atom. The number of fused-ring (bicyclic) bond motifs is 1. The molecule has 4 aromatic rings. The molecular formula is C24H19Cl2N3O. The predicted octanol–water partition coefficient (Wildman–Crippen LogP) is 5.88. The summed E-state index contributed by atoms with van der Waals surface area (Å²) in [4.78, 5) is 21.9. The molecule has 0 aliphatic carbocycles. The molecule has 0 aliphatic rings. The molecule has 150 valence electrons. The fourth-order valence-electron chi connectivity index (χ4n) is 3.33. The second-order valence-electron chi connectivity index (χ2n) is 7.05. The normalized spacial score (nSPS) is 10.9. The molecule has 30 heavy (non-hydrogen) atoms. The Labute approximate surface area is 184 Å². The monoisotopic (exact) mass is 435 g/mol. The zero-order valence-electron chi connectivity index (χ0n) is 16.3. The first-order chi connectivity index (χ1) is 14.5. The number of carbonyl (C=O) groups excluding carboxylic acids is 1. The van der Waals surface area contributed by atoms with E-state index in [-0.39, 0.29) is 5.91 Å². The Balaban J connectivity index is 1.62. The van der Waals surface area contributed by atoms with E-state index in [1.54, 1.807) is 24.5 Å². The van der Waals surface area contributed by atoms with Gasteiger partial charge in [-0.15, -0.1) is 0 Å². The van der Waals surface area contributed by atoms with Crippen molar-refractivity contribution in [3.8, 4) is 11.3 Å². The number of rotatable bonds is 5. The minimum atomic E-state index is -0.145. The van der Waals surface area contributed by atoms with Crippen LogP contribution >= 0.6 is 23.2 Å². The number of benzene rings is 2. The Hall–Kier alpha value is -2.95. The molecule has 2 aromatic carbocycles. The van der Waals surface area contributed by atoms with E-state index in [9.17, 15) is 4.79 Å². The summed E-state index contributed by atoms with van der Waals surface area (Å²) in [6, 6.07) is 16.9. The second-order valence-corrected chi connectivity index (χ2v) is 7.90. The quantitative estimate of drug-likeness (QED) is 0.425. The van der Waals surface area contributed by atoms with Crippen molar-refractivity contribution in [3.05, 3.63) is 93.7 Å². The molecule has 0 fully saturated rings. The fraction of sp³-hybridized carbons (Fsp3) is 0.125. The van der Waals surface area contributed by atoms with Crippen molar-refractivity contribution in [2.75, 3.05) is 6.54 Å². The molecule has 0 radical (unpaired) electrons. The lowest BCUT2D eigenvalue weighted by Gasteiger charge is -2.12. The smallest absolute Gasteiger partial charge is 0.252 e. The molecule has 0 unspecified atom stereocenters. The van der Waals surface area contributed by atoms with Gasteiger partial charge in [-0.25, -0.2) is 4.98 Å². The number of carbonyl (C=O) groups is 1. The topological polar surface area (TPSA) is 54.9 Å². The van der Waals surface area contributed by atoms with Crippen molar-refractivity contribution in [1.29, 1.82) is 0 Å². The van der Waals surface area contributed by atoms with Gasteiger partial charge in [0.05, 0.1) is 16.8 Å². The van der Waals surface area contributed by atoms with Gasteiger partial charge in [0.25, 0.3) is 5.91 Å². The molecule has 1 N–H and O–H groups in total. The molecule has 0 saturated carbocycles. The van der Waals surface area contributed by atoms with Gasteiger partial charge in [0.2, 0.25) is 0 Å². The van der Waals surface area contributed by atoms with Gasteiger partial charge in [0.1, 0.15) is 0 Å². The van der Waals surface area contributed by atoms with Crippen molar-refractivity contribution in [3.63, 3.8) is 0 Å². The third-order valence-electron chi connectivity index (χ3n) is 4.88. The van der Waals surface area contributed by atoms with Crippen molar-refractivity contribution >= 4 is 40.0 Å². The van der Waals surface area contributed by atoms with E-state index in [4.69, 9.17) is 28.2 Å². The van der Waals surface area contributed by atoms with Gasteiger partial charge in [0, 0.05) is 39.9 Å². The van der Waals surface area contributed by atoms with Gasteiger partial charge in [-0.3, -0.25) is 9.78 Å². The molecule has 0 aliphatic heterocycles. The zero-order chi connectivity index (χ0) is 21.1. The highest BCUT2D eigenvalue weighted by Gasteiger charge is 2.14. The molecule has 6 heteroatoms. The summed E-state index contributed by atoms with van der Waals surface area (Å²) in [5.74, 6) is -0.145. The number of aromatic nitrogens is 2. The van der Waals surface area contributed by atoms with E-state index < -0.39 is 0 Å². The van der Waals surface area contributed by atoms with Crippen LogP contribution in [0, 0.1) is 6.92 Å². The summed E-state index contributed by atoms with van der Waals surface area (Å²) >= 11 is 12.2. The van der Waals surface area contributed by atoms with Crippen LogP contribution in [0.15, 0.2) is 67.0 Å². The maximum atomic E-state index is 13.1. The molecule has 2 aromatic heterocycles. The molecule has 4 nitrogen and oxygen atoms in total. The van der Waals surface area contributed by atoms with Crippen LogP contribution in [0.1, 0.15) is 21.5 Å². The molecular weight excluding hydrogens is 417 g/mol. The summed E-state index contributed by atoms with van der Waals surface area (Å²) in [5.41, 5.74) is 5.03. The van der Waals surface area contributed by atoms with Crippen LogP contribution in [0.25, 0.3) is 22.2 Å². The lowest BCUT2D eigenvalue weighted by Crippen LogP contribution is -2.26. The maximum absolute atomic E-state index is 13.1. The zero-order valence-corrected chi connectivity index (χ0v) is 17.8. The predicted molar refractivity (Wildman–Crippen MR) is 122 cm³/mol. The average molecular weight is 436 g/mol. The van der Waals surface area contributed by atoms with E-state index in [1.165, 1.54) is 0 Å². The lowest BCUT2D eigenvalue weighted by molar-refractivity contribution is 0.0956. The largest absolute Gasteiger partial charge is 0.352 e. The molecule has 0 bridgehead atoms. The number of aryl methyl sites for hydroxylation is 1. The number of hydrogen-bond donors (Lipinski definition) is 1. The third-order valence-corrected chi connectivity index (χ3v) is 5.47. The standard InChI is InChI=1S/C24H19Cl2N3O/c1-15-2-5-22-19(12-15)20(14-23(29-22)17-6-9-27-10-7-17)24(30)28-11-8-16-3-4-18(25)13-21(16)26/h2-7,9-10,12-14H,8,11H2,1H3,(H,28,30). The highest BCUT2D eigenvalue weighted by Crippen LogP contribution is 2.26. The highest BCUT2D eigenvalue weighted by molar-refractivity contribution is 6.35. The van der Waals surface area contributed by atoms with Gasteiger partial charge >= 0.3 is 0 Å². The van der Waals surface area contributed by atoms with E-state index in [0.29, 0.717) is 28.6 Å². The average Bonchev–Trinajstić information content (AvgIpc) is 2.75. The van der Waals surface area contributed by atoms with Crippen LogP contribution in [-0.2, 0) is 6.42 Å². The molecule has 0 spiro atoms. The first-order valence-corrected chi connectivity index (χ1v) is 10.3. The van der Waals surface area contributed by atoms with Crippen LogP contribution in [0.5, 0.6) is 0 Å². The van der Waals surface area contributed by atoms with Crippen LogP contribution in [0.3, 0.4) is 0 Å². The van der Waals surface area contributed by atoms with Crippen LogP contribution in [0.2, 0.25) is 10.0 Å². The van der Waals surface area contributed by atoms with Crippen molar-refractivity contribution in [1.82, 2.24) is 15.3 Å². The van der Waals surface area contributed by atoms with Crippen molar-refractivity contribution < 1.29 is 4.79 Å². The van der Waals surface area contributed by atoms with E-state index in [0.717, 1.165) is 33.3 Å². The Morgan fingerprint density at radius 3 is 2.57 bits per heavy atom. The molecule has 4 rings (SSSR count). The van der Waals surface area contributed by atoms with Gasteiger partial charge in [-0.1, -0.05) is 40.9 Å². The fourth-order valence-corrected chi connectivity index (χ4v) is 3.83. The van der Waals surface area contributed by atoms with E-state index in [1.807, 2.05) is 49.4 Å². The van der Waals surface area contributed by atoms with Crippen molar-refractivity contribution in [2.24, 2.45) is 0 Å². The molecule has 0 saturated heterocycles. The van der Waals surface area contributed by atoms with E-state index in [2.05, 4.69) is 10.3 Å². The van der Waals surface area contributed by atoms with Gasteiger partial charge in [0.15, 0.2) is 0 Å². The van der Waals surface area contributed by atoms with Crippen LogP contribution in [-0.4, -0.2) is 22.4 Å². The van der Waals surface area contributed by atoms with Gasteiger partial charge in [-0.05, 0) is 61.4 Å². The summed E-state index contributed by atoms with van der Waals surface area (Å²) < 4.78 is 0. The summed E-state index contributed by atoms with van der Waals surface area (Å²) in [6.07, 6.45) is 4.04. The SMILES string of the molecule is Cc1ccc2nc(-c3ccncc3)cc(C(=O)NCCc3ccc(Cl)cc3Cl)c2c1. The van der Waals surface area contributed by atoms with Gasteiger partial charge in [-0.2, -0.15) is 0 Å². The summed E-state index contributed by atoms with van der Waals surface area (Å²) in [6.45, 7) is 2.46. The number of nitrogens with one attached hydrogen (secondary N) is 1. The Morgan fingerprint density at radius 2 is 1.80 bits per heavy atom. The van der Waals surface area contributed by atoms with Gasteiger partial charge < -0.3 is 5.32 Å². The molecule has 1 amide bonds. The van der Waals surface area contributed by atoms with Crippen LogP contribution in [0.4, 0.5) is 0 Å². The summed E-state index contributed by atoms with van der Waals surface area (Å²) in [5, 5.41) is 5.03. The lowest BCUT2D eigenvalue weighted by atomic mass is 10.0. The number of pyridine rings is 2.